The molecule has 5 atom stereocenters. The van der Waals surface area contributed by atoms with Crippen LogP contribution in [0.25, 0.3) is 6.08 Å². The quantitative estimate of drug-likeness (QED) is 0.562. The second-order valence-corrected chi connectivity index (χ2v) is 6.50. The van der Waals surface area contributed by atoms with E-state index in [1.165, 1.54) is 7.11 Å². The van der Waals surface area contributed by atoms with Crippen molar-refractivity contribution in [3.05, 3.63) is 41.5 Å². The predicted molar refractivity (Wildman–Crippen MR) is 90.7 cm³/mol. The van der Waals surface area contributed by atoms with Crippen molar-refractivity contribution in [3.63, 3.8) is 0 Å². The van der Waals surface area contributed by atoms with E-state index in [0.29, 0.717) is 5.57 Å². The predicted octanol–water partition coefficient (Wildman–Crippen LogP) is 0.00880. The van der Waals surface area contributed by atoms with Crippen LogP contribution in [0.2, 0.25) is 0 Å². The number of methoxy groups -OCH3 is 2. The molecule has 0 spiro atoms. The normalized spacial score (nSPS) is 35.2. The van der Waals surface area contributed by atoms with Crippen molar-refractivity contribution in [3.8, 4) is 0 Å². The molecule has 1 aromatic carbocycles. The molecule has 142 valence electrons. The van der Waals surface area contributed by atoms with Gasteiger partial charge in [-0.15, -0.1) is 0 Å². The van der Waals surface area contributed by atoms with Crippen LogP contribution in [0.1, 0.15) is 5.56 Å². The highest BCUT2D eigenvalue weighted by atomic mass is 17.2. The molecule has 9 heteroatoms. The average molecular weight is 374 g/mol. The standard InChI is InChI=1S/C18H18N2O7/c1-24-16(21)13-11-12(18(23,20-19-13)17(22)25-2)15-10(14(11)26-27-15)8-9-6-4-3-5-7-9/h3-8,11-12,14-15,20,23H,1-2H3. The van der Waals surface area contributed by atoms with Crippen molar-refractivity contribution >= 4 is 23.7 Å². The van der Waals surface area contributed by atoms with Gasteiger partial charge in [-0.2, -0.15) is 5.10 Å². The SMILES string of the molecule is COC(=O)C1=NNC(O)(C(=O)OC)C2C3OOC(C3=Cc3ccccc3)C12. The lowest BCUT2D eigenvalue weighted by Gasteiger charge is -2.41. The molecule has 3 aliphatic rings. The molecule has 0 aromatic heterocycles. The fourth-order valence-corrected chi connectivity index (χ4v) is 3.92. The summed E-state index contributed by atoms with van der Waals surface area (Å²) in [7, 11) is 2.38. The summed E-state index contributed by atoms with van der Waals surface area (Å²) in [5, 5.41) is 14.9. The molecule has 1 aliphatic carbocycles. The molecule has 0 radical (unpaired) electrons. The monoisotopic (exact) mass is 374 g/mol. The molecular formula is C18H18N2O7. The number of hydrogen-bond donors (Lipinski definition) is 2. The third kappa shape index (κ3) is 2.54. The van der Waals surface area contributed by atoms with Gasteiger partial charge in [-0.3, -0.25) is 5.43 Å². The molecule has 5 unspecified atom stereocenters. The molecule has 9 nitrogen and oxygen atoms in total. The number of hydrazone groups is 1. The van der Waals surface area contributed by atoms with Crippen LogP contribution in [0.4, 0.5) is 0 Å². The summed E-state index contributed by atoms with van der Waals surface area (Å²) in [4.78, 5) is 35.2. The van der Waals surface area contributed by atoms with E-state index in [1.807, 2.05) is 36.4 Å². The number of rotatable bonds is 3. The van der Waals surface area contributed by atoms with Gasteiger partial charge < -0.3 is 14.6 Å². The Balaban J connectivity index is 1.81. The maximum absolute atomic E-state index is 12.3. The Morgan fingerprint density at radius 2 is 1.89 bits per heavy atom. The van der Waals surface area contributed by atoms with Gasteiger partial charge in [-0.1, -0.05) is 36.4 Å². The Kier molecular flexibility index (Phi) is 4.22. The van der Waals surface area contributed by atoms with Gasteiger partial charge in [0.25, 0.3) is 5.72 Å². The number of aliphatic hydroxyl groups is 1. The van der Waals surface area contributed by atoms with Crippen LogP contribution in [0, 0.1) is 11.8 Å². The minimum absolute atomic E-state index is 0.0193. The van der Waals surface area contributed by atoms with E-state index in [0.717, 1.165) is 12.7 Å². The van der Waals surface area contributed by atoms with E-state index >= 15 is 0 Å². The molecule has 2 heterocycles. The third-order valence-electron chi connectivity index (χ3n) is 5.13. The lowest BCUT2D eigenvalue weighted by Crippen LogP contribution is -2.66. The van der Waals surface area contributed by atoms with Gasteiger partial charge in [-0.05, 0) is 11.1 Å². The van der Waals surface area contributed by atoms with Crippen LogP contribution in [0.5, 0.6) is 0 Å². The zero-order valence-corrected chi connectivity index (χ0v) is 14.6. The second-order valence-electron chi connectivity index (χ2n) is 6.50. The molecule has 2 N–H and O–H groups in total. The van der Waals surface area contributed by atoms with Crippen molar-refractivity contribution in [1.29, 1.82) is 0 Å². The lowest BCUT2D eigenvalue weighted by atomic mass is 9.79. The highest BCUT2D eigenvalue weighted by molar-refractivity contribution is 6.38. The van der Waals surface area contributed by atoms with Crippen molar-refractivity contribution in [2.45, 2.75) is 17.9 Å². The fraction of sp³-hybridized carbons (Fsp3) is 0.389. The number of fused-ring (bicyclic) bond motifs is 5. The van der Waals surface area contributed by atoms with E-state index in [1.54, 1.807) is 0 Å². The van der Waals surface area contributed by atoms with Gasteiger partial charge in [0.05, 0.1) is 26.1 Å². The maximum atomic E-state index is 12.3. The molecule has 0 amide bonds. The molecular weight excluding hydrogens is 356 g/mol. The first-order valence-corrected chi connectivity index (χ1v) is 8.33. The molecule has 2 fully saturated rings. The number of nitrogens with one attached hydrogen (secondary N) is 1. The van der Waals surface area contributed by atoms with Gasteiger partial charge in [-0.25, -0.2) is 19.4 Å². The summed E-state index contributed by atoms with van der Waals surface area (Å²) in [6, 6.07) is 9.44. The topological polar surface area (TPSA) is 116 Å². The summed E-state index contributed by atoms with van der Waals surface area (Å²) >= 11 is 0. The lowest BCUT2D eigenvalue weighted by molar-refractivity contribution is -0.348. The van der Waals surface area contributed by atoms with E-state index in [2.05, 4.69) is 10.5 Å². The van der Waals surface area contributed by atoms with Gasteiger partial charge in [0.15, 0.2) is 5.71 Å². The van der Waals surface area contributed by atoms with Gasteiger partial charge in [0.1, 0.15) is 12.2 Å². The molecule has 4 rings (SSSR count). The number of esters is 2. The smallest absolute Gasteiger partial charge is 0.361 e. The van der Waals surface area contributed by atoms with Crippen molar-refractivity contribution in [2.24, 2.45) is 16.9 Å². The summed E-state index contributed by atoms with van der Waals surface area (Å²) < 4.78 is 9.52. The van der Waals surface area contributed by atoms with Crippen LogP contribution >= 0.6 is 0 Å². The van der Waals surface area contributed by atoms with Crippen LogP contribution < -0.4 is 5.43 Å². The third-order valence-corrected chi connectivity index (χ3v) is 5.13. The van der Waals surface area contributed by atoms with Crippen LogP contribution in [-0.2, 0) is 28.8 Å². The zero-order valence-electron chi connectivity index (χ0n) is 14.6. The Morgan fingerprint density at radius 3 is 2.56 bits per heavy atom. The number of benzene rings is 1. The molecule has 1 saturated carbocycles. The van der Waals surface area contributed by atoms with Crippen LogP contribution in [0.15, 0.2) is 41.0 Å². The van der Waals surface area contributed by atoms with Gasteiger partial charge in [0.2, 0.25) is 0 Å². The summed E-state index contributed by atoms with van der Waals surface area (Å²) in [6.45, 7) is 0. The summed E-state index contributed by atoms with van der Waals surface area (Å²) in [6.07, 6.45) is 0.385. The first kappa shape index (κ1) is 17.7. The number of ether oxygens (including phenoxy) is 2. The minimum atomic E-state index is -2.17. The summed E-state index contributed by atoms with van der Waals surface area (Å²) in [5.74, 6) is -3.23. The highest BCUT2D eigenvalue weighted by Gasteiger charge is 2.68. The van der Waals surface area contributed by atoms with Crippen molar-refractivity contribution in [2.75, 3.05) is 14.2 Å². The Labute approximate surface area is 154 Å². The molecule has 2 bridgehead atoms. The molecule has 2 aliphatic heterocycles. The fourth-order valence-electron chi connectivity index (χ4n) is 3.92. The van der Waals surface area contributed by atoms with E-state index in [9.17, 15) is 14.7 Å². The van der Waals surface area contributed by atoms with E-state index < -0.39 is 41.7 Å². The zero-order chi connectivity index (χ0) is 19.2. The Morgan fingerprint density at radius 1 is 1.19 bits per heavy atom. The first-order valence-electron chi connectivity index (χ1n) is 8.33. The first-order chi connectivity index (χ1) is 13.0. The van der Waals surface area contributed by atoms with Crippen LogP contribution in [0.3, 0.4) is 0 Å². The largest absolute Gasteiger partial charge is 0.465 e. The molecule has 1 aromatic rings. The van der Waals surface area contributed by atoms with E-state index in [4.69, 9.17) is 19.2 Å². The summed E-state index contributed by atoms with van der Waals surface area (Å²) in [5.41, 5.74) is 1.79. The Bertz CT molecular complexity index is 837. The number of nitrogens with zero attached hydrogens (tertiary/aromatic N) is 1. The number of carbonyl (C=O) groups excluding carboxylic acids is 2. The Hall–Kier alpha value is -2.75. The number of carbonyl (C=O) groups is 2. The minimum Gasteiger partial charge on any atom is -0.465 e. The average Bonchev–Trinajstić information content (AvgIpc) is 3.23. The van der Waals surface area contributed by atoms with Crippen LogP contribution in [-0.4, -0.2) is 54.9 Å². The highest BCUT2D eigenvalue weighted by Crippen LogP contribution is 2.52. The molecule has 1 saturated heterocycles. The van der Waals surface area contributed by atoms with Crippen molar-refractivity contribution < 1.29 is 33.9 Å². The van der Waals surface area contributed by atoms with Gasteiger partial charge >= 0.3 is 11.9 Å². The van der Waals surface area contributed by atoms with Gasteiger partial charge in [0, 0.05) is 0 Å². The molecule has 27 heavy (non-hydrogen) atoms. The second kappa shape index (κ2) is 6.45. The van der Waals surface area contributed by atoms with E-state index in [-0.39, 0.29) is 5.71 Å². The number of hydrogen-bond acceptors (Lipinski definition) is 9. The maximum Gasteiger partial charge on any atom is 0.361 e. The van der Waals surface area contributed by atoms with Crippen molar-refractivity contribution in [1.82, 2.24) is 5.43 Å².